The van der Waals surface area contributed by atoms with Gasteiger partial charge in [0.15, 0.2) is 0 Å². The Balaban J connectivity index is 1.94. The van der Waals surface area contributed by atoms with Gasteiger partial charge in [0, 0.05) is 13.2 Å². The van der Waals surface area contributed by atoms with Crippen molar-refractivity contribution in [1.29, 1.82) is 0 Å². The molecule has 0 bridgehead atoms. The molecule has 2 rings (SSSR count). The summed E-state index contributed by atoms with van der Waals surface area (Å²) in [5.41, 5.74) is 8.43. The molecule has 0 spiro atoms. The molecule has 0 aliphatic carbocycles. The van der Waals surface area contributed by atoms with Crippen molar-refractivity contribution in [2.24, 2.45) is 5.73 Å². The average Bonchev–Trinajstić information content (AvgIpc) is 2.95. The Bertz CT molecular complexity index is 495. The number of nitrogens with two attached hydrogens (primary N) is 1. The third-order valence-electron chi connectivity index (χ3n) is 3.34. The van der Waals surface area contributed by atoms with Crippen LogP contribution >= 0.6 is 0 Å². The summed E-state index contributed by atoms with van der Waals surface area (Å²) in [7, 11) is 0. The second-order valence-electron chi connectivity index (χ2n) is 4.87. The zero-order valence-corrected chi connectivity index (χ0v) is 12.0. The van der Waals surface area contributed by atoms with Crippen molar-refractivity contribution in [2.45, 2.75) is 32.4 Å². The van der Waals surface area contributed by atoms with Crippen molar-refractivity contribution < 1.29 is 4.74 Å². The molecule has 4 heteroatoms. The van der Waals surface area contributed by atoms with Gasteiger partial charge < -0.3 is 15.0 Å². The molecule has 1 unspecified atom stereocenters. The third kappa shape index (κ3) is 3.92. The fourth-order valence-corrected chi connectivity index (χ4v) is 2.12. The van der Waals surface area contributed by atoms with Crippen molar-refractivity contribution in [3.05, 3.63) is 54.1 Å². The van der Waals surface area contributed by atoms with Crippen LogP contribution in [0.25, 0.3) is 0 Å². The molecule has 2 N–H and O–H groups in total. The highest BCUT2D eigenvalue weighted by atomic mass is 16.5. The highest BCUT2D eigenvalue weighted by molar-refractivity contribution is 5.26. The number of ether oxygens (including phenoxy) is 1. The van der Waals surface area contributed by atoms with Gasteiger partial charge in [-0.1, -0.05) is 43.7 Å². The van der Waals surface area contributed by atoms with E-state index in [4.69, 9.17) is 10.5 Å². The van der Waals surface area contributed by atoms with Crippen molar-refractivity contribution in [3.8, 4) is 0 Å². The zero-order valence-electron chi connectivity index (χ0n) is 12.0. The van der Waals surface area contributed by atoms with E-state index in [2.05, 4.69) is 16.5 Å². The van der Waals surface area contributed by atoms with Crippen molar-refractivity contribution >= 4 is 0 Å². The summed E-state index contributed by atoms with van der Waals surface area (Å²) in [5, 5.41) is 0. The van der Waals surface area contributed by atoms with Gasteiger partial charge in [0.1, 0.15) is 0 Å². The fourth-order valence-electron chi connectivity index (χ4n) is 2.12. The van der Waals surface area contributed by atoms with E-state index < -0.39 is 0 Å². The maximum atomic E-state index is 6.31. The monoisotopic (exact) mass is 273 g/mol. The van der Waals surface area contributed by atoms with Gasteiger partial charge >= 0.3 is 0 Å². The van der Waals surface area contributed by atoms with Crippen LogP contribution in [0, 0.1) is 0 Å². The van der Waals surface area contributed by atoms with Crippen molar-refractivity contribution in [1.82, 2.24) is 9.55 Å². The zero-order chi connectivity index (χ0) is 14.2. The molecule has 0 aliphatic rings. The second kappa shape index (κ2) is 7.82. The Morgan fingerprint density at radius 3 is 2.80 bits per heavy atom. The quantitative estimate of drug-likeness (QED) is 0.752. The standard InChI is InChI=1S/C16H23N3O/c1-2-3-10-20-11-9-19-13-18-12-15(19)16(17)14-7-5-4-6-8-14/h4-8,12-13,16H,2-3,9-11,17H2,1H3. The van der Waals surface area contributed by atoms with Crippen LogP contribution in [0.15, 0.2) is 42.9 Å². The van der Waals surface area contributed by atoms with Crippen LogP contribution in [-0.2, 0) is 11.3 Å². The fraction of sp³-hybridized carbons (Fsp3) is 0.438. The molecule has 1 heterocycles. The van der Waals surface area contributed by atoms with E-state index in [9.17, 15) is 0 Å². The minimum atomic E-state index is -0.144. The van der Waals surface area contributed by atoms with E-state index in [-0.39, 0.29) is 6.04 Å². The Kier molecular flexibility index (Phi) is 5.77. The van der Waals surface area contributed by atoms with Crippen molar-refractivity contribution in [2.75, 3.05) is 13.2 Å². The lowest BCUT2D eigenvalue weighted by Gasteiger charge is -2.15. The number of hydrogen-bond acceptors (Lipinski definition) is 3. The Labute approximate surface area is 120 Å². The number of rotatable bonds is 8. The van der Waals surface area contributed by atoms with Gasteiger partial charge in [0.25, 0.3) is 0 Å². The van der Waals surface area contributed by atoms with Gasteiger partial charge in [-0.3, -0.25) is 0 Å². The Morgan fingerprint density at radius 1 is 1.25 bits per heavy atom. The molecule has 0 fully saturated rings. The van der Waals surface area contributed by atoms with Crippen LogP contribution in [0.1, 0.15) is 37.1 Å². The molecule has 1 aromatic carbocycles. The number of nitrogens with zero attached hydrogens (tertiary/aromatic N) is 2. The molecule has 20 heavy (non-hydrogen) atoms. The smallest absolute Gasteiger partial charge is 0.0949 e. The predicted molar refractivity (Wildman–Crippen MR) is 80.4 cm³/mol. The predicted octanol–water partition coefficient (Wildman–Crippen LogP) is 2.75. The second-order valence-corrected chi connectivity index (χ2v) is 4.87. The summed E-state index contributed by atoms with van der Waals surface area (Å²) in [4.78, 5) is 4.21. The highest BCUT2D eigenvalue weighted by Gasteiger charge is 2.13. The van der Waals surface area contributed by atoms with Gasteiger partial charge in [-0.15, -0.1) is 0 Å². The molecule has 108 valence electrons. The van der Waals surface area contributed by atoms with Crippen molar-refractivity contribution in [3.63, 3.8) is 0 Å². The maximum absolute atomic E-state index is 6.31. The van der Waals surface area contributed by atoms with Crippen LogP contribution in [0.4, 0.5) is 0 Å². The molecular formula is C16H23N3O. The summed E-state index contributed by atoms with van der Waals surface area (Å²) in [6.45, 7) is 4.48. The Hall–Kier alpha value is -1.65. The van der Waals surface area contributed by atoms with E-state index in [1.54, 1.807) is 0 Å². The van der Waals surface area contributed by atoms with Gasteiger partial charge in [0.2, 0.25) is 0 Å². The molecule has 1 atom stereocenters. The molecule has 0 aliphatic heterocycles. The molecule has 0 saturated heterocycles. The van der Waals surface area contributed by atoms with E-state index in [0.29, 0.717) is 6.61 Å². The number of imidazole rings is 1. The maximum Gasteiger partial charge on any atom is 0.0949 e. The SMILES string of the molecule is CCCCOCCn1cncc1C(N)c1ccccc1. The summed E-state index contributed by atoms with van der Waals surface area (Å²) in [6, 6.07) is 9.94. The van der Waals surface area contributed by atoms with Gasteiger partial charge in [-0.05, 0) is 12.0 Å². The summed E-state index contributed by atoms with van der Waals surface area (Å²) < 4.78 is 7.67. The largest absolute Gasteiger partial charge is 0.380 e. The summed E-state index contributed by atoms with van der Waals surface area (Å²) in [6.07, 6.45) is 5.93. The van der Waals surface area contributed by atoms with E-state index in [0.717, 1.165) is 37.3 Å². The lowest BCUT2D eigenvalue weighted by molar-refractivity contribution is 0.123. The molecule has 0 saturated carbocycles. The van der Waals surface area contributed by atoms with Crippen LogP contribution in [0.2, 0.25) is 0 Å². The first kappa shape index (κ1) is 14.8. The third-order valence-corrected chi connectivity index (χ3v) is 3.34. The number of aromatic nitrogens is 2. The van der Waals surface area contributed by atoms with Gasteiger partial charge in [0.05, 0.1) is 30.9 Å². The molecule has 2 aromatic rings. The lowest BCUT2D eigenvalue weighted by atomic mass is 10.1. The van der Waals surface area contributed by atoms with Crippen LogP contribution in [-0.4, -0.2) is 22.8 Å². The molecule has 0 amide bonds. The lowest BCUT2D eigenvalue weighted by Crippen LogP contribution is -2.18. The molecule has 4 nitrogen and oxygen atoms in total. The van der Waals surface area contributed by atoms with Gasteiger partial charge in [-0.2, -0.15) is 0 Å². The Morgan fingerprint density at radius 2 is 2.05 bits per heavy atom. The normalized spacial score (nSPS) is 12.5. The number of hydrogen-bond donors (Lipinski definition) is 1. The minimum absolute atomic E-state index is 0.144. The minimum Gasteiger partial charge on any atom is -0.380 e. The molecule has 0 radical (unpaired) electrons. The number of unbranched alkanes of at least 4 members (excludes halogenated alkanes) is 1. The van der Waals surface area contributed by atoms with Crippen LogP contribution in [0.5, 0.6) is 0 Å². The van der Waals surface area contributed by atoms with Gasteiger partial charge in [-0.25, -0.2) is 4.98 Å². The average molecular weight is 273 g/mol. The van der Waals surface area contributed by atoms with E-state index in [1.807, 2.05) is 42.9 Å². The molecule has 1 aromatic heterocycles. The highest BCUT2D eigenvalue weighted by Crippen LogP contribution is 2.18. The first-order valence-corrected chi connectivity index (χ1v) is 7.21. The van der Waals surface area contributed by atoms with E-state index >= 15 is 0 Å². The number of benzene rings is 1. The van der Waals surface area contributed by atoms with Crippen LogP contribution < -0.4 is 5.73 Å². The van der Waals surface area contributed by atoms with Crippen LogP contribution in [0.3, 0.4) is 0 Å². The summed E-state index contributed by atoms with van der Waals surface area (Å²) >= 11 is 0. The molecular weight excluding hydrogens is 250 g/mol. The van der Waals surface area contributed by atoms with E-state index in [1.165, 1.54) is 0 Å². The topological polar surface area (TPSA) is 53.1 Å². The summed E-state index contributed by atoms with van der Waals surface area (Å²) in [5.74, 6) is 0. The first-order valence-electron chi connectivity index (χ1n) is 7.21. The first-order chi connectivity index (χ1) is 9.83.